The molecule has 1 aliphatic rings. The molecule has 0 unspecified atom stereocenters. The number of carboxylic acids is 1. The number of carbonyl (C=O) groups excluding carboxylic acids is 2. The van der Waals surface area contributed by atoms with Crippen molar-refractivity contribution in [2.75, 3.05) is 31.5 Å². The summed E-state index contributed by atoms with van der Waals surface area (Å²) in [6, 6.07) is -0.535. The Morgan fingerprint density at radius 3 is 2.38 bits per heavy atom. The number of likely N-dealkylation sites (tertiary alicyclic amines) is 1. The molecule has 1 saturated heterocycles. The van der Waals surface area contributed by atoms with Crippen LogP contribution in [0.1, 0.15) is 111 Å². The Labute approximate surface area is 240 Å². The molecule has 0 aliphatic carbocycles. The number of rotatable bonds is 10. The molecule has 2 rings (SSSR count). The predicted octanol–water partition coefficient (Wildman–Crippen LogP) is 5.57. The fraction of sp³-hybridized carbons (Fsp3) is 0.767. The molecule has 40 heavy (non-hydrogen) atoms. The van der Waals surface area contributed by atoms with Crippen LogP contribution in [0.15, 0.2) is 6.20 Å². The van der Waals surface area contributed by atoms with Crippen molar-refractivity contribution in [1.29, 1.82) is 0 Å². The Hall–Kier alpha value is -2.91. The van der Waals surface area contributed by atoms with Crippen LogP contribution in [-0.4, -0.2) is 80.7 Å². The Morgan fingerprint density at radius 1 is 1.20 bits per heavy atom. The highest BCUT2D eigenvalue weighted by Gasteiger charge is 2.47. The zero-order chi connectivity index (χ0) is 30.5. The molecule has 2 N–H and O–H groups in total. The third-order valence-electron chi connectivity index (χ3n) is 6.85. The van der Waals surface area contributed by atoms with Gasteiger partial charge in [-0.15, -0.1) is 0 Å². The number of unbranched alkanes of at least 4 members (excludes halogenated alkanes) is 2. The van der Waals surface area contributed by atoms with E-state index >= 15 is 0 Å². The number of piperidine rings is 1. The van der Waals surface area contributed by atoms with Gasteiger partial charge in [-0.3, -0.25) is 9.59 Å². The van der Waals surface area contributed by atoms with Crippen molar-refractivity contribution in [3.8, 4) is 0 Å². The molecular weight excluding hydrogens is 510 g/mol. The quantitative estimate of drug-likeness (QED) is 0.355. The number of nitrogens with one attached hydrogen (secondary N) is 1. The van der Waals surface area contributed by atoms with E-state index in [4.69, 9.17) is 9.72 Å². The van der Waals surface area contributed by atoms with Crippen molar-refractivity contribution in [1.82, 2.24) is 19.8 Å². The molecule has 2 atom stereocenters. The number of amides is 2. The summed E-state index contributed by atoms with van der Waals surface area (Å²) in [6.45, 7) is 20.4. The topological polar surface area (TPSA) is 125 Å². The minimum absolute atomic E-state index is 0.00504. The second-order valence-electron chi connectivity index (χ2n) is 13.8. The van der Waals surface area contributed by atoms with E-state index in [1.165, 1.54) is 4.90 Å². The Bertz CT molecular complexity index is 1050. The monoisotopic (exact) mass is 561 g/mol. The van der Waals surface area contributed by atoms with E-state index in [9.17, 15) is 19.5 Å². The van der Waals surface area contributed by atoms with E-state index < -0.39 is 29.1 Å². The summed E-state index contributed by atoms with van der Waals surface area (Å²) in [4.78, 5) is 52.2. The molecular formula is C30H51N5O5. The van der Waals surface area contributed by atoms with Gasteiger partial charge in [0.25, 0.3) is 5.91 Å². The molecule has 0 spiro atoms. The first-order valence-corrected chi connectivity index (χ1v) is 14.5. The lowest BCUT2D eigenvalue weighted by Gasteiger charge is -2.46. The molecule has 10 heteroatoms. The van der Waals surface area contributed by atoms with Gasteiger partial charge in [0.05, 0.1) is 11.5 Å². The van der Waals surface area contributed by atoms with Crippen molar-refractivity contribution >= 4 is 23.8 Å². The molecule has 0 bridgehead atoms. The second kappa shape index (κ2) is 13.2. The first kappa shape index (κ1) is 33.3. The highest BCUT2D eigenvalue weighted by molar-refractivity contribution is 5.98. The second-order valence-corrected chi connectivity index (χ2v) is 13.8. The number of hydrogen-bond acceptors (Lipinski definition) is 7. The molecule has 2 amide bonds. The van der Waals surface area contributed by atoms with Crippen molar-refractivity contribution in [3.05, 3.63) is 17.6 Å². The van der Waals surface area contributed by atoms with E-state index in [-0.39, 0.29) is 36.8 Å². The highest BCUT2D eigenvalue weighted by Crippen LogP contribution is 2.34. The van der Waals surface area contributed by atoms with E-state index in [1.807, 2.05) is 34.6 Å². The maximum Gasteiger partial charge on any atom is 0.410 e. The minimum Gasteiger partial charge on any atom is -0.481 e. The number of hydrogen-bond donors (Lipinski definition) is 2. The number of carbonyl (C=O) groups is 3. The number of aliphatic carboxylic acids is 1. The first-order chi connectivity index (χ1) is 18.4. The van der Waals surface area contributed by atoms with E-state index in [1.54, 1.807) is 38.8 Å². The lowest BCUT2D eigenvalue weighted by Crippen LogP contribution is -2.60. The van der Waals surface area contributed by atoms with Gasteiger partial charge >= 0.3 is 12.1 Å². The summed E-state index contributed by atoms with van der Waals surface area (Å²) in [5, 5.41) is 13.5. The third-order valence-corrected chi connectivity index (χ3v) is 6.85. The Morgan fingerprint density at radius 2 is 1.85 bits per heavy atom. The molecule has 2 heterocycles. The smallest absolute Gasteiger partial charge is 0.410 e. The van der Waals surface area contributed by atoms with Gasteiger partial charge in [-0.2, -0.15) is 0 Å². The lowest BCUT2D eigenvalue weighted by molar-refractivity contribution is -0.152. The van der Waals surface area contributed by atoms with E-state index in [0.29, 0.717) is 30.3 Å². The average Bonchev–Trinajstić information content (AvgIpc) is 2.82. The summed E-state index contributed by atoms with van der Waals surface area (Å²) >= 11 is 0. The summed E-state index contributed by atoms with van der Waals surface area (Å²) < 4.78 is 5.59. The molecule has 0 radical (unpaired) electrons. The highest BCUT2D eigenvalue weighted by atomic mass is 16.6. The number of anilines is 1. The summed E-state index contributed by atoms with van der Waals surface area (Å²) in [5.41, 5.74) is -1.94. The standard InChI is InChI=1S/C30H51N5O5/c1-11-12-13-14-31-23-22(16-32-25(33-23)28(4,5)6)24(36)35(17-20(2)3)21-15-30(10,26(37)38)19-34(18-21)27(39)40-29(7,8)9/h16,20-21H,11-15,17-19H2,1-10H3,(H,37,38)(H,31,32,33)/t21-,30+/m0/s1. The molecule has 10 nitrogen and oxygen atoms in total. The van der Waals surface area contributed by atoms with Gasteiger partial charge in [-0.25, -0.2) is 14.8 Å². The van der Waals surface area contributed by atoms with Crippen LogP contribution in [0, 0.1) is 11.3 Å². The van der Waals surface area contributed by atoms with E-state index in [2.05, 4.69) is 17.2 Å². The van der Waals surface area contributed by atoms with Gasteiger partial charge in [0.2, 0.25) is 0 Å². The average molecular weight is 562 g/mol. The molecule has 226 valence electrons. The Kier molecular flexibility index (Phi) is 11.0. The summed E-state index contributed by atoms with van der Waals surface area (Å²) in [7, 11) is 0. The first-order valence-electron chi connectivity index (χ1n) is 14.5. The van der Waals surface area contributed by atoms with Crippen molar-refractivity contribution in [2.24, 2.45) is 11.3 Å². The normalized spacial score (nSPS) is 19.9. The van der Waals surface area contributed by atoms with E-state index in [0.717, 1.165) is 19.3 Å². The predicted molar refractivity (Wildman–Crippen MR) is 157 cm³/mol. The van der Waals surface area contributed by atoms with Crippen LogP contribution >= 0.6 is 0 Å². The van der Waals surface area contributed by atoms with Crippen LogP contribution in [0.3, 0.4) is 0 Å². The van der Waals surface area contributed by atoms with Gasteiger partial charge in [-0.1, -0.05) is 54.4 Å². The number of aromatic nitrogens is 2. The lowest BCUT2D eigenvalue weighted by atomic mass is 9.79. The van der Waals surface area contributed by atoms with Gasteiger partial charge in [-0.05, 0) is 46.5 Å². The molecule has 1 aromatic rings. The van der Waals surface area contributed by atoms with Crippen LogP contribution < -0.4 is 5.32 Å². The van der Waals surface area contributed by atoms with Gasteiger partial charge in [0.1, 0.15) is 22.8 Å². The number of ether oxygens (including phenoxy) is 1. The zero-order valence-electron chi connectivity index (χ0n) is 26.3. The van der Waals surface area contributed by atoms with Crippen molar-refractivity contribution < 1.29 is 24.2 Å². The van der Waals surface area contributed by atoms with Crippen LogP contribution in [0.25, 0.3) is 0 Å². The third kappa shape index (κ3) is 9.06. The summed E-state index contributed by atoms with van der Waals surface area (Å²) in [5.74, 6) is -0.0808. The maximum atomic E-state index is 14.3. The van der Waals surface area contributed by atoms with Crippen LogP contribution in [0.2, 0.25) is 0 Å². The SMILES string of the molecule is CCCCCNc1nc(C(C)(C)C)ncc1C(=O)N(CC(C)C)[C@@H]1CN(C(=O)OC(C)(C)C)C[C@](C)(C(=O)O)C1. The maximum absolute atomic E-state index is 14.3. The molecule has 1 fully saturated rings. The van der Waals surface area contributed by atoms with Crippen LogP contribution in [0.5, 0.6) is 0 Å². The minimum atomic E-state index is -1.25. The molecule has 1 aliphatic heterocycles. The largest absolute Gasteiger partial charge is 0.481 e. The molecule has 0 saturated carbocycles. The van der Waals surface area contributed by atoms with Crippen LogP contribution in [0.4, 0.5) is 10.6 Å². The fourth-order valence-corrected chi connectivity index (χ4v) is 4.78. The molecule has 1 aromatic heterocycles. The fourth-order valence-electron chi connectivity index (χ4n) is 4.78. The van der Waals surface area contributed by atoms with Gasteiger partial charge < -0.3 is 25.0 Å². The molecule has 0 aromatic carbocycles. The van der Waals surface area contributed by atoms with Crippen molar-refractivity contribution in [2.45, 2.75) is 112 Å². The van der Waals surface area contributed by atoms with Crippen molar-refractivity contribution in [3.63, 3.8) is 0 Å². The van der Waals surface area contributed by atoms with Gasteiger partial charge in [0, 0.05) is 37.8 Å². The van der Waals surface area contributed by atoms with Crippen LogP contribution in [-0.2, 0) is 14.9 Å². The summed E-state index contributed by atoms with van der Waals surface area (Å²) in [6.07, 6.45) is 4.28. The number of nitrogens with zero attached hydrogens (tertiary/aromatic N) is 4. The zero-order valence-corrected chi connectivity index (χ0v) is 26.3. The Balaban J connectivity index is 2.53. The number of carboxylic acid groups (broad SMARTS) is 1. The van der Waals surface area contributed by atoms with Gasteiger partial charge in [0.15, 0.2) is 0 Å².